The van der Waals surface area contributed by atoms with Gasteiger partial charge < -0.3 is 10.6 Å². The maximum absolute atomic E-state index is 5.33. The molecule has 2 N–H and O–H groups in total. The van der Waals surface area contributed by atoms with E-state index in [0.29, 0.717) is 6.54 Å². The van der Waals surface area contributed by atoms with Gasteiger partial charge in [0.25, 0.3) is 0 Å². The standard InChI is InChI=1S/C9H12N2/c10-6-2-5-9-11-7-3-1-4-8-11/h3,5,7,9H,2,6,8,10H2. The van der Waals surface area contributed by atoms with E-state index in [1.807, 2.05) is 23.4 Å². The van der Waals surface area contributed by atoms with Crippen molar-refractivity contribution in [1.82, 2.24) is 4.90 Å². The fourth-order valence-electron chi connectivity index (χ4n) is 0.790. The SMILES string of the molecule is NCCC=CN1C=CC#CC1. The van der Waals surface area contributed by atoms with E-state index >= 15 is 0 Å². The van der Waals surface area contributed by atoms with Gasteiger partial charge in [-0.25, -0.2) is 0 Å². The van der Waals surface area contributed by atoms with Crippen LogP contribution in [0.2, 0.25) is 0 Å². The number of hydrogen-bond donors (Lipinski definition) is 1. The second-order valence-corrected chi connectivity index (χ2v) is 2.27. The summed E-state index contributed by atoms with van der Waals surface area (Å²) in [6, 6.07) is 0. The highest BCUT2D eigenvalue weighted by Gasteiger charge is 1.91. The van der Waals surface area contributed by atoms with Crippen LogP contribution in [-0.2, 0) is 0 Å². The number of allylic oxidation sites excluding steroid dienone is 1. The molecule has 0 aromatic heterocycles. The Labute approximate surface area is 67.4 Å². The summed E-state index contributed by atoms with van der Waals surface area (Å²) in [6.07, 6.45) is 8.80. The molecule has 0 saturated heterocycles. The van der Waals surface area contributed by atoms with E-state index in [1.54, 1.807) is 0 Å². The van der Waals surface area contributed by atoms with E-state index in [-0.39, 0.29) is 0 Å². The zero-order valence-corrected chi connectivity index (χ0v) is 6.46. The lowest BCUT2D eigenvalue weighted by atomic mass is 10.4. The molecule has 0 amide bonds. The number of nitrogens with zero attached hydrogens (tertiary/aromatic N) is 1. The van der Waals surface area contributed by atoms with Gasteiger partial charge in [-0.2, -0.15) is 0 Å². The third-order valence-corrected chi connectivity index (χ3v) is 1.34. The first-order valence-corrected chi connectivity index (χ1v) is 3.71. The maximum atomic E-state index is 5.33. The Morgan fingerprint density at radius 3 is 3.18 bits per heavy atom. The largest absolute Gasteiger partial charge is 0.342 e. The van der Waals surface area contributed by atoms with Crippen molar-refractivity contribution in [3.63, 3.8) is 0 Å². The Balaban J connectivity index is 2.29. The third-order valence-electron chi connectivity index (χ3n) is 1.34. The molecule has 1 heterocycles. The van der Waals surface area contributed by atoms with Gasteiger partial charge in [0.05, 0.1) is 6.54 Å². The van der Waals surface area contributed by atoms with Crippen LogP contribution in [0.15, 0.2) is 24.6 Å². The molecule has 0 aromatic rings. The number of nitrogens with two attached hydrogens (primary N) is 1. The lowest BCUT2D eigenvalue weighted by molar-refractivity contribution is 0.569. The fraction of sp³-hybridized carbons (Fsp3) is 0.333. The molecular formula is C9H12N2. The third kappa shape index (κ3) is 2.92. The summed E-state index contributed by atoms with van der Waals surface area (Å²) in [5.74, 6) is 5.84. The van der Waals surface area contributed by atoms with Gasteiger partial charge in [0.2, 0.25) is 0 Å². The van der Waals surface area contributed by atoms with Crippen molar-refractivity contribution < 1.29 is 0 Å². The van der Waals surface area contributed by atoms with Gasteiger partial charge in [0.1, 0.15) is 0 Å². The summed E-state index contributed by atoms with van der Waals surface area (Å²) in [7, 11) is 0. The molecule has 0 unspecified atom stereocenters. The van der Waals surface area contributed by atoms with Crippen LogP contribution >= 0.6 is 0 Å². The monoisotopic (exact) mass is 148 g/mol. The van der Waals surface area contributed by atoms with Crippen molar-refractivity contribution in [3.8, 4) is 11.8 Å². The Kier molecular flexibility index (Phi) is 3.30. The van der Waals surface area contributed by atoms with Gasteiger partial charge in [0, 0.05) is 18.5 Å². The first kappa shape index (κ1) is 7.90. The van der Waals surface area contributed by atoms with Crippen LogP contribution in [-0.4, -0.2) is 18.0 Å². The van der Waals surface area contributed by atoms with Crippen LogP contribution in [0.25, 0.3) is 0 Å². The minimum atomic E-state index is 0.708. The molecule has 2 heteroatoms. The molecule has 1 aliphatic rings. The highest BCUT2D eigenvalue weighted by atomic mass is 15.1. The second-order valence-electron chi connectivity index (χ2n) is 2.27. The minimum absolute atomic E-state index is 0.708. The van der Waals surface area contributed by atoms with Crippen molar-refractivity contribution >= 4 is 0 Å². The summed E-state index contributed by atoms with van der Waals surface area (Å²) in [5, 5.41) is 0. The normalized spacial score (nSPS) is 15.2. The number of hydrogen-bond acceptors (Lipinski definition) is 2. The van der Waals surface area contributed by atoms with Gasteiger partial charge in [-0.1, -0.05) is 17.9 Å². The topological polar surface area (TPSA) is 29.3 Å². The van der Waals surface area contributed by atoms with Crippen LogP contribution in [0.3, 0.4) is 0 Å². The predicted molar refractivity (Wildman–Crippen MR) is 46.4 cm³/mol. The Bertz CT molecular complexity index is 217. The van der Waals surface area contributed by atoms with Gasteiger partial charge >= 0.3 is 0 Å². The van der Waals surface area contributed by atoms with E-state index in [4.69, 9.17) is 5.73 Å². The van der Waals surface area contributed by atoms with Gasteiger partial charge in [0.15, 0.2) is 0 Å². The Morgan fingerprint density at radius 2 is 2.55 bits per heavy atom. The average Bonchev–Trinajstić information content (AvgIpc) is 2.07. The average molecular weight is 148 g/mol. The first-order chi connectivity index (χ1) is 5.43. The Hall–Kier alpha value is -1.20. The molecule has 1 rings (SSSR count). The molecular weight excluding hydrogens is 136 g/mol. The molecule has 11 heavy (non-hydrogen) atoms. The van der Waals surface area contributed by atoms with Crippen LogP contribution in [0, 0.1) is 11.8 Å². The van der Waals surface area contributed by atoms with Crippen molar-refractivity contribution in [2.75, 3.05) is 13.1 Å². The van der Waals surface area contributed by atoms with E-state index in [0.717, 1.165) is 13.0 Å². The van der Waals surface area contributed by atoms with Crippen molar-refractivity contribution in [2.45, 2.75) is 6.42 Å². The highest BCUT2D eigenvalue weighted by Crippen LogP contribution is 1.94. The quantitative estimate of drug-likeness (QED) is 0.596. The molecule has 0 saturated carbocycles. The number of rotatable bonds is 3. The van der Waals surface area contributed by atoms with E-state index in [9.17, 15) is 0 Å². The molecule has 0 atom stereocenters. The van der Waals surface area contributed by atoms with Crippen LogP contribution in [0.4, 0.5) is 0 Å². The summed E-state index contributed by atoms with van der Waals surface area (Å²) in [6.45, 7) is 1.50. The smallest absolute Gasteiger partial charge is 0.0835 e. The fourth-order valence-corrected chi connectivity index (χ4v) is 0.790. The van der Waals surface area contributed by atoms with Gasteiger partial charge in [-0.15, -0.1) is 0 Å². The first-order valence-electron chi connectivity index (χ1n) is 3.71. The predicted octanol–water partition coefficient (Wildman–Crippen LogP) is 0.682. The van der Waals surface area contributed by atoms with Crippen molar-refractivity contribution in [3.05, 3.63) is 24.6 Å². The highest BCUT2D eigenvalue weighted by molar-refractivity contribution is 5.21. The zero-order chi connectivity index (χ0) is 7.94. The lowest BCUT2D eigenvalue weighted by Crippen LogP contribution is -2.11. The molecule has 0 radical (unpaired) electrons. The van der Waals surface area contributed by atoms with Crippen LogP contribution in [0.1, 0.15) is 6.42 Å². The van der Waals surface area contributed by atoms with Crippen LogP contribution < -0.4 is 5.73 Å². The molecule has 58 valence electrons. The lowest BCUT2D eigenvalue weighted by Gasteiger charge is -2.12. The Morgan fingerprint density at radius 1 is 1.64 bits per heavy atom. The molecule has 0 spiro atoms. The van der Waals surface area contributed by atoms with E-state index < -0.39 is 0 Å². The summed E-state index contributed by atoms with van der Waals surface area (Å²) in [5.41, 5.74) is 5.33. The molecule has 0 aliphatic carbocycles. The second kappa shape index (κ2) is 4.59. The summed E-state index contributed by atoms with van der Waals surface area (Å²) in [4.78, 5) is 2.03. The molecule has 0 aromatic carbocycles. The summed E-state index contributed by atoms with van der Waals surface area (Å²) >= 11 is 0. The van der Waals surface area contributed by atoms with Gasteiger partial charge in [-0.3, -0.25) is 0 Å². The molecule has 0 fully saturated rings. The van der Waals surface area contributed by atoms with Crippen molar-refractivity contribution in [1.29, 1.82) is 0 Å². The molecule has 2 nitrogen and oxygen atoms in total. The summed E-state index contributed by atoms with van der Waals surface area (Å²) < 4.78 is 0. The van der Waals surface area contributed by atoms with E-state index in [1.165, 1.54) is 0 Å². The zero-order valence-electron chi connectivity index (χ0n) is 6.46. The molecule has 0 bridgehead atoms. The van der Waals surface area contributed by atoms with Crippen molar-refractivity contribution in [2.24, 2.45) is 5.73 Å². The maximum Gasteiger partial charge on any atom is 0.0835 e. The minimum Gasteiger partial charge on any atom is -0.342 e. The van der Waals surface area contributed by atoms with Crippen LogP contribution in [0.5, 0.6) is 0 Å². The van der Waals surface area contributed by atoms with Gasteiger partial charge in [-0.05, 0) is 13.0 Å². The molecule has 1 aliphatic heterocycles. The van der Waals surface area contributed by atoms with E-state index in [2.05, 4.69) is 17.9 Å².